The summed E-state index contributed by atoms with van der Waals surface area (Å²) < 4.78 is 0. The van der Waals surface area contributed by atoms with E-state index >= 15 is 0 Å². The molecule has 2 aliphatic heterocycles. The third-order valence-electron chi connectivity index (χ3n) is 5.05. The summed E-state index contributed by atoms with van der Waals surface area (Å²) in [4.78, 5) is 29.0. The van der Waals surface area contributed by atoms with Crippen molar-refractivity contribution < 1.29 is 9.59 Å². The van der Waals surface area contributed by atoms with Crippen LogP contribution in [-0.2, 0) is 11.3 Å². The molecule has 142 valence electrons. The van der Waals surface area contributed by atoms with E-state index in [2.05, 4.69) is 5.32 Å². The van der Waals surface area contributed by atoms with Gasteiger partial charge >= 0.3 is 0 Å². The number of halogens is 2. The van der Waals surface area contributed by atoms with Gasteiger partial charge in [-0.3, -0.25) is 9.59 Å². The molecule has 1 atom stereocenters. The highest BCUT2D eigenvalue weighted by molar-refractivity contribution is 6.31. The Labute approximate surface area is 169 Å². The van der Waals surface area contributed by atoms with Gasteiger partial charge in [-0.15, -0.1) is 12.4 Å². The molecule has 0 radical (unpaired) electrons. The summed E-state index contributed by atoms with van der Waals surface area (Å²) in [6.07, 6.45) is 0. The van der Waals surface area contributed by atoms with E-state index in [9.17, 15) is 9.59 Å². The fraction of sp³-hybridized carbons (Fsp3) is 0.300. The number of rotatable bonds is 3. The number of hydrogen-bond donors (Lipinski definition) is 1. The van der Waals surface area contributed by atoms with Crippen molar-refractivity contribution in [2.45, 2.75) is 12.6 Å². The third kappa shape index (κ3) is 3.81. The first-order chi connectivity index (χ1) is 12.6. The minimum atomic E-state index is -0.120. The van der Waals surface area contributed by atoms with Gasteiger partial charge in [-0.05, 0) is 23.3 Å². The first-order valence-corrected chi connectivity index (χ1v) is 9.15. The molecule has 2 aromatic rings. The van der Waals surface area contributed by atoms with E-state index < -0.39 is 0 Å². The number of carbonyl (C=O) groups is 2. The molecule has 1 unspecified atom stereocenters. The lowest BCUT2D eigenvalue weighted by molar-refractivity contribution is -0.135. The lowest BCUT2D eigenvalue weighted by Gasteiger charge is -2.37. The molecule has 2 aromatic carbocycles. The van der Waals surface area contributed by atoms with E-state index in [1.807, 2.05) is 53.4 Å². The fourth-order valence-electron chi connectivity index (χ4n) is 3.72. The first kappa shape index (κ1) is 19.7. The lowest BCUT2D eigenvalue weighted by atomic mass is 10.0. The van der Waals surface area contributed by atoms with Crippen molar-refractivity contribution >= 4 is 35.8 Å². The lowest BCUT2D eigenvalue weighted by Crippen LogP contribution is -2.51. The molecular formula is C20H21Cl2N3O2. The zero-order valence-corrected chi connectivity index (χ0v) is 16.3. The fourth-order valence-corrected chi connectivity index (χ4v) is 3.98. The highest BCUT2D eigenvalue weighted by atomic mass is 35.5. The summed E-state index contributed by atoms with van der Waals surface area (Å²) in [5.74, 6) is -0.115. The number of nitrogens with one attached hydrogen (secondary N) is 1. The molecule has 1 N–H and O–H groups in total. The van der Waals surface area contributed by atoms with Crippen LogP contribution in [0.5, 0.6) is 0 Å². The van der Waals surface area contributed by atoms with E-state index in [-0.39, 0.29) is 36.8 Å². The van der Waals surface area contributed by atoms with Gasteiger partial charge < -0.3 is 15.1 Å². The monoisotopic (exact) mass is 405 g/mol. The molecule has 5 nitrogen and oxygen atoms in total. The van der Waals surface area contributed by atoms with Gasteiger partial charge in [-0.1, -0.05) is 48.0 Å². The van der Waals surface area contributed by atoms with E-state index in [0.29, 0.717) is 30.2 Å². The number of amides is 2. The smallest absolute Gasteiger partial charge is 0.254 e. The van der Waals surface area contributed by atoms with E-state index in [1.165, 1.54) is 0 Å². The van der Waals surface area contributed by atoms with Crippen LogP contribution in [0.4, 0.5) is 0 Å². The van der Waals surface area contributed by atoms with Gasteiger partial charge in [0, 0.05) is 36.8 Å². The molecule has 1 saturated heterocycles. The van der Waals surface area contributed by atoms with Crippen LogP contribution in [0.1, 0.15) is 27.5 Å². The minimum absolute atomic E-state index is 0. The van der Waals surface area contributed by atoms with Crippen LogP contribution >= 0.6 is 24.0 Å². The summed E-state index contributed by atoms with van der Waals surface area (Å²) in [6, 6.07) is 15.0. The van der Waals surface area contributed by atoms with Gasteiger partial charge in [-0.2, -0.15) is 0 Å². The average Bonchev–Trinajstić information content (AvgIpc) is 2.98. The Morgan fingerprint density at radius 3 is 2.67 bits per heavy atom. The molecular weight excluding hydrogens is 385 g/mol. The molecule has 7 heteroatoms. The van der Waals surface area contributed by atoms with E-state index in [0.717, 1.165) is 17.7 Å². The predicted octanol–water partition coefficient (Wildman–Crippen LogP) is 2.89. The Kier molecular flexibility index (Phi) is 6.05. The second-order valence-electron chi connectivity index (χ2n) is 6.65. The normalized spacial score (nSPS) is 18.9. The zero-order valence-electron chi connectivity index (χ0n) is 14.7. The van der Waals surface area contributed by atoms with Crippen LogP contribution in [0.15, 0.2) is 48.5 Å². The Morgan fingerprint density at radius 1 is 1.15 bits per heavy atom. The number of piperazine rings is 1. The SMILES string of the molecule is Cl.O=C1c2ccccc2CN1CC(=O)N1CCNCC1c1ccccc1Cl. The molecule has 2 amide bonds. The first-order valence-electron chi connectivity index (χ1n) is 8.77. The Balaban J connectivity index is 0.00000210. The van der Waals surface area contributed by atoms with Gasteiger partial charge in [0.25, 0.3) is 5.91 Å². The Hall–Kier alpha value is -2.08. The third-order valence-corrected chi connectivity index (χ3v) is 5.39. The molecule has 0 bridgehead atoms. The number of fused-ring (bicyclic) bond motifs is 1. The van der Waals surface area contributed by atoms with Crippen LogP contribution in [-0.4, -0.2) is 47.8 Å². The highest BCUT2D eigenvalue weighted by Gasteiger charge is 2.33. The highest BCUT2D eigenvalue weighted by Crippen LogP contribution is 2.29. The van der Waals surface area contributed by atoms with Crippen LogP contribution in [0.25, 0.3) is 0 Å². The summed E-state index contributed by atoms with van der Waals surface area (Å²) >= 11 is 6.35. The summed E-state index contributed by atoms with van der Waals surface area (Å²) in [5.41, 5.74) is 2.61. The molecule has 0 aliphatic carbocycles. The average molecular weight is 406 g/mol. The van der Waals surface area contributed by atoms with Gasteiger partial charge in [0.1, 0.15) is 6.54 Å². The van der Waals surface area contributed by atoms with Gasteiger partial charge in [0.05, 0.1) is 6.04 Å². The van der Waals surface area contributed by atoms with Crippen LogP contribution in [0.3, 0.4) is 0 Å². The maximum absolute atomic E-state index is 13.0. The molecule has 4 rings (SSSR count). The summed E-state index contributed by atoms with van der Waals surface area (Å²) in [5, 5.41) is 3.99. The van der Waals surface area contributed by atoms with Crippen LogP contribution in [0, 0.1) is 0 Å². The largest absolute Gasteiger partial charge is 0.331 e. The standard InChI is InChI=1S/C20H20ClN3O2.ClH/c21-17-8-4-3-7-16(17)18-11-22-9-10-24(18)19(25)13-23-12-14-5-1-2-6-15(14)20(23)26;/h1-8,18,22H,9-13H2;1H. The van der Waals surface area contributed by atoms with Crippen LogP contribution < -0.4 is 5.32 Å². The van der Waals surface area contributed by atoms with Gasteiger partial charge in [0.15, 0.2) is 0 Å². The maximum Gasteiger partial charge on any atom is 0.254 e. The van der Waals surface area contributed by atoms with E-state index in [1.54, 1.807) is 4.90 Å². The van der Waals surface area contributed by atoms with Crippen molar-refractivity contribution in [1.29, 1.82) is 0 Å². The summed E-state index contributed by atoms with van der Waals surface area (Å²) in [6.45, 7) is 2.58. The van der Waals surface area contributed by atoms with E-state index in [4.69, 9.17) is 11.6 Å². The second-order valence-corrected chi connectivity index (χ2v) is 7.05. The van der Waals surface area contributed by atoms with Crippen molar-refractivity contribution in [3.63, 3.8) is 0 Å². The molecule has 2 aliphatic rings. The van der Waals surface area contributed by atoms with Crippen molar-refractivity contribution in [2.75, 3.05) is 26.2 Å². The van der Waals surface area contributed by atoms with Crippen LogP contribution in [0.2, 0.25) is 5.02 Å². The van der Waals surface area contributed by atoms with Gasteiger partial charge in [-0.25, -0.2) is 0 Å². The van der Waals surface area contributed by atoms with Gasteiger partial charge in [0.2, 0.25) is 5.91 Å². The summed E-state index contributed by atoms with van der Waals surface area (Å²) in [7, 11) is 0. The topological polar surface area (TPSA) is 52.7 Å². The zero-order chi connectivity index (χ0) is 18.1. The molecule has 27 heavy (non-hydrogen) atoms. The molecule has 0 aromatic heterocycles. The number of hydrogen-bond acceptors (Lipinski definition) is 3. The molecule has 1 fully saturated rings. The number of nitrogens with zero attached hydrogens (tertiary/aromatic N) is 2. The maximum atomic E-state index is 13.0. The minimum Gasteiger partial charge on any atom is -0.331 e. The molecule has 0 saturated carbocycles. The quantitative estimate of drug-likeness (QED) is 0.853. The Bertz CT molecular complexity index is 859. The van der Waals surface area contributed by atoms with Crippen molar-refractivity contribution in [2.24, 2.45) is 0 Å². The van der Waals surface area contributed by atoms with Crippen molar-refractivity contribution in [3.05, 3.63) is 70.2 Å². The second kappa shape index (κ2) is 8.30. The van der Waals surface area contributed by atoms with Crippen molar-refractivity contribution in [1.82, 2.24) is 15.1 Å². The number of carbonyl (C=O) groups excluding carboxylic acids is 2. The van der Waals surface area contributed by atoms with Crippen molar-refractivity contribution in [3.8, 4) is 0 Å². The Morgan fingerprint density at radius 2 is 1.89 bits per heavy atom. The molecule has 0 spiro atoms. The number of benzene rings is 2. The predicted molar refractivity (Wildman–Crippen MR) is 107 cm³/mol. The molecule has 2 heterocycles.